The molecule has 1 aromatic heterocycles. The highest BCUT2D eigenvalue weighted by Crippen LogP contribution is 2.20. The maximum atomic E-state index is 11.1. The largest absolute Gasteiger partial charge is 0.328 e. The van der Waals surface area contributed by atoms with Crippen LogP contribution in [0.15, 0.2) is 54.6 Å². The summed E-state index contributed by atoms with van der Waals surface area (Å²) in [7, 11) is 0. The minimum absolute atomic E-state index is 0.553. The van der Waals surface area contributed by atoms with Crippen LogP contribution in [0.3, 0.4) is 0 Å². The molecule has 0 aliphatic heterocycles. The van der Waals surface area contributed by atoms with Crippen molar-refractivity contribution in [3.05, 3.63) is 71.6 Å². The Labute approximate surface area is 146 Å². The van der Waals surface area contributed by atoms with Crippen LogP contribution < -0.4 is 5.48 Å². The van der Waals surface area contributed by atoms with Gasteiger partial charge in [0.25, 0.3) is 5.91 Å². The minimum Gasteiger partial charge on any atom is -0.328 e. The molecule has 0 saturated carbocycles. The Bertz CT molecular complexity index is 898. The number of hydrogen-bond donors (Lipinski definition) is 2. The third kappa shape index (κ3) is 3.95. The van der Waals surface area contributed by atoms with Crippen LogP contribution in [0.2, 0.25) is 0 Å². The molecule has 1 heterocycles. The number of fused-ring (bicyclic) bond motifs is 1. The van der Waals surface area contributed by atoms with E-state index < -0.39 is 5.91 Å². The highest BCUT2D eigenvalue weighted by molar-refractivity contribution is 5.91. The summed E-state index contributed by atoms with van der Waals surface area (Å²) in [6.07, 6.45) is 4.77. The number of amides is 1. The Hall–Kier alpha value is -2.92. The van der Waals surface area contributed by atoms with Crippen molar-refractivity contribution in [2.24, 2.45) is 0 Å². The van der Waals surface area contributed by atoms with Crippen molar-refractivity contribution in [3.8, 4) is 0 Å². The SMILES string of the molecule is CCn1c(CCc2ccccc2)nc2cc(/C=C/C(=O)NO)ccc21. The van der Waals surface area contributed by atoms with E-state index in [4.69, 9.17) is 10.2 Å². The molecule has 2 aromatic carbocycles. The zero-order valence-electron chi connectivity index (χ0n) is 14.1. The van der Waals surface area contributed by atoms with Crippen molar-refractivity contribution >= 4 is 23.0 Å². The molecule has 0 saturated heterocycles. The van der Waals surface area contributed by atoms with E-state index in [2.05, 4.69) is 35.8 Å². The molecule has 128 valence electrons. The fourth-order valence-electron chi connectivity index (χ4n) is 2.95. The maximum absolute atomic E-state index is 11.1. The van der Waals surface area contributed by atoms with Gasteiger partial charge >= 0.3 is 0 Å². The number of nitrogens with zero attached hydrogens (tertiary/aromatic N) is 2. The van der Waals surface area contributed by atoms with Crippen LogP contribution in [-0.4, -0.2) is 20.7 Å². The second-order valence-electron chi connectivity index (χ2n) is 5.82. The van der Waals surface area contributed by atoms with Crippen molar-refractivity contribution in [2.75, 3.05) is 0 Å². The molecule has 3 rings (SSSR count). The van der Waals surface area contributed by atoms with E-state index in [0.29, 0.717) is 0 Å². The zero-order valence-corrected chi connectivity index (χ0v) is 14.1. The molecule has 3 aromatic rings. The van der Waals surface area contributed by atoms with Gasteiger partial charge in [-0.2, -0.15) is 0 Å². The van der Waals surface area contributed by atoms with Crippen molar-refractivity contribution in [3.63, 3.8) is 0 Å². The van der Waals surface area contributed by atoms with Crippen LogP contribution in [0.5, 0.6) is 0 Å². The number of imidazole rings is 1. The maximum Gasteiger partial charge on any atom is 0.267 e. The van der Waals surface area contributed by atoms with Gasteiger partial charge in [0.15, 0.2) is 0 Å². The zero-order chi connectivity index (χ0) is 17.6. The Balaban J connectivity index is 1.86. The van der Waals surface area contributed by atoms with Crippen LogP contribution in [0, 0.1) is 0 Å². The fourth-order valence-corrected chi connectivity index (χ4v) is 2.95. The number of aromatic nitrogens is 2. The summed E-state index contributed by atoms with van der Waals surface area (Å²) >= 11 is 0. The number of carbonyl (C=O) groups excluding carboxylic acids is 1. The average molecular weight is 335 g/mol. The first-order valence-corrected chi connectivity index (χ1v) is 8.36. The third-order valence-corrected chi connectivity index (χ3v) is 4.19. The van der Waals surface area contributed by atoms with Gasteiger partial charge in [-0.15, -0.1) is 0 Å². The van der Waals surface area contributed by atoms with Crippen LogP contribution in [0.1, 0.15) is 23.9 Å². The van der Waals surface area contributed by atoms with Gasteiger partial charge in [0, 0.05) is 19.0 Å². The molecule has 0 unspecified atom stereocenters. The number of aryl methyl sites for hydroxylation is 3. The molecule has 0 atom stereocenters. The molecular weight excluding hydrogens is 314 g/mol. The monoisotopic (exact) mass is 335 g/mol. The molecule has 25 heavy (non-hydrogen) atoms. The molecule has 0 spiro atoms. The van der Waals surface area contributed by atoms with Gasteiger partial charge in [-0.1, -0.05) is 36.4 Å². The smallest absolute Gasteiger partial charge is 0.267 e. The van der Waals surface area contributed by atoms with Gasteiger partial charge in [-0.05, 0) is 42.7 Å². The molecule has 0 bridgehead atoms. The van der Waals surface area contributed by atoms with E-state index in [1.165, 1.54) is 11.6 Å². The van der Waals surface area contributed by atoms with Gasteiger partial charge in [0.1, 0.15) is 5.82 Å². The first-order valence-electron chi connectivity index (χ1n) is 8.36. The second-order valence-corrected chi connectivity index (χ2v) is 5.82. The fraction of sp³-hybridized carbons (Fsp3) is 0.200. The quantitative estimate of drug-likeness (QED) is 0.412. The van der Waals surface area contributed by atoms with Crippen LogP contribution in [0.25, 0.3) is 17.1 Å². The molecule has 0 radical (unpaired) electrons. The molecule has 0 fully saturated rings. The van der Waals surface area contributed by atoms with Crippen molar-refractivity contribution in [1.82, 2.24) is 15.0 Å². The summed E-state index contributed by atoms with van der Waals surface area (Å²) in [6.45, 7) is 2.98. The average Bonchev–Trinajstić information content (AvgIpc) is 3.01. The molecule has 5 heteroatoms. The van der Waals surface area contributed by atoms with E-state index in [1.54, 1.807) is 11.6 Å². The molecular formula is C20H21N3O2. The Kier molecular flexibility index (Phi) is 5.26. The number of rotatable bonds is 6. The lowest BCUT2D eigenvalue weighted by molar-refractivity contribution is -0.124. The van der Waals surface area contributed by atoms with Gasteiger partial charge in [0.2, 0.25) is 0 Å². The first kappa shape index (κ1) is 16.9. The van der Waals surface area contributed by atoms with Gasteiger partial charge in [0.05, 0.1) is 11.0 Å². The number of carbonyl (C=O) groups is 1. The van der Waals surface area contributed by atoms with Crippen LogP contribution >= 0.6 is 0 Å². The normalized spacial score (nSPS) is 11.3. The lowest BCUT2D eigenvalue weighted by Gasteiger charge is -2.06. The molecule has 2 N–H and O–H groups in total. The molecule has 1 amide bonds. The van der Waals surface area contributed by atoms with E-state index in [9.17, 15) is 4.79 Å². The summed E-state index contributed by atoms with van der Waals surface area (Å²) in [5.41, 5.74) is 5.76. The third-order valence-electron chi connectivity index (χ3n) is 4.19. The second kappa shape index (κ2) is 7.77. The highest BCUT2D eigenvalue weighted by atomic mass is 16.5. The summed E-state index contributed by atoms with van der Waals surface area (Å²) in [4.78, 5) is 15.9. The van der Waals surface area contributed by atoms with Crippen molar-refractivity contribution < 1.29 is 10.0 Å². The Morgan fingerprint density at radius 2 is 2.00 bits per heavy atom. The molecule has 0 aliphatic carbocycles. The van der Waals surface area contributed by atoms with Crippen molar-refractivity contribution in [2.45, 2.75) is 26.3 Å². The topological polar surface area (TPSA) is 67.2 Å². The van der Waals surface area contributed by atoms with E-state index in [1.807, 2.05) is 24.3 Å². The predicted molar refractivity (Wildman–Crippen MR) is 98.2 cm³/mol. The van der Waals surface area contributed by atoms with Gasteiger partial charge < -0.3 is 4.57 Å². The number of nitrogens with one attached hydrogen (secondary N) is 1. The predicted octanol–water partition coefficient (Wildman–Crippen LogP) is 3.36. The van der Waals surface area contributed by atoms with Crippen LogP contribution in [0.4, 0.5) is 0 Å². The summed E-state index contributed by atoms with van der Waals surface area (Å²) in [5, 5.41) is 8.54. The molecule has 5 nitrogen and oxygen atoms in total. The standard InChI is InChI=1S/C20H21N3O2/c1-2-23-18-11-8-16(10-13-20(24)22-25)14-17(18)21-19(23)12-9-15-6-4-3-5-7-15/h3-8,10-11,13-14,25H,2,9,12H2,1H3,(H,22,24)/b13-10+. The number of hydroxylamine groups is 1. The van der Waals surface area contributed by atoms with Gasteiger partial charge in [-0.3, -0.25) is 10.0 Å². The lowest BCUT2D eigenvalue weighted by Crippen LogP contribution is -2.14. The van der Waals surface area contributed by atoms with E-state index >= 15 is 0 Å². The Morgan fingerprint density at radius 1 is 1.20 bits per heavy atom. The number of benzene rings is 2. The Morgan fingerprint density at radius 3 is 2.72 bits per heavy atom. The summed E-state index contributed by atoms with van der Waals surface area (Å²) in [5.74, 6) is 0.512. The summed E-state index contributed by atoms with van der Waals surface area (Å²) < 4.78 is 2.23. The van der Waals surface area contributed by atoms with Crippen LogP contribution in [-0.2, 0) is 24.2 Å². The van der Waals surface area contributed by atoms with Gasteiger partial charge in [-0.25, -0.2) is 10.5 Å². The minimum atomic E-state index is -0.553. The van der Waals surface area contributed by atoms with E-state index in [0.717, 1.165) is 41.8 Å². The summed E-state index contributed by atoms with van der Waals surface area (Å²) in [6, 6.07) is 16.3. The van der Waals surface area contributed by atoms with Crippen molar-refractivity contribution in [1.29, 1.82) is 0 Å². The van der Waals surface area contributed by atoms with E-state index in [-0.39, 0.29) is 0 Å². The molecule has 0 aliphatic rings. The highest BCUT2D eigenvalue weighted by Gasteiger charge is 2.10. The number of hydrogen-bond acceptors (Lipinski definition) is 3. The lowest BCUT2D eigenvalue weighted by atomic mass is 10.1. The first-order chi connectivity index (χ1) is 12.2.